The number of carbonyl (C=O) groups excluding carboxylic acids is 1. The van der Waals surface area contributed by atoms with E-state index in [1.54, 1.807) is 0 Å². The quantitative estimate of drug-likeness (QED) is 0.295. The first-order valence-electron chi connectivity index (χ1n) is 10.6. The van der Waals surface area contributed by atoms with Crippen molar-refractivity contribution in [1.29, 1.82) is 0 Å². The molecule has 2 nitrogen and oxygen atoms in total. The topological polar surface area (TPSA) is 20.3 Å². The summed E-state index contributed by atoms with van der Waals surface area (Å²) in [4.78, 5) is 13.9. The molecule has 1 aliphatic heterocycles. The number of hydrogen-bond acceptors (Lipinski definition) is 1. The van der Waals surface area contributed by atoms with Crippen molar-refractivity contribution in [3.8, 4) is 11.8 Å². The first kappa shape index (κ1) is 21.1. The summed E-state index contributed by atoms with van der Waals surface area (Å²) in [5, 5.41) is 0. The third-order valence-electron chi connectivity index (χ3n) is 4.93. The number of unbranched alkanes of at least 4 members (excludes halogenated alkanes) is 11. The van der Waals surface area contributed by atoms with E-state index in [1.165, 1.54) is 77.0 Å². The average molecular weight is 334 g/mol. The SMILES string of the molecule is CCCCCCCCC#CCCCCCCCC(=O)N1CCCC1. The van der Waals surface area contributed by atoms with Gasteiger partial charge in [0.05, 0.1) is 0 Å². The van der Waals surface area contributed by atoms with E-state index < -0.39 is 0 Å². The Balaban J connectivity index is 1.79. The Morgan fingerprint density at radius 3 is 1.83 bits per heavy atom. The second kappa shape index (κ2) is 15.6. The lowest BCUT2D eigenvalue weighted by Gasteiger charge is -2.14. The largest absolute Gasteiger partial charge is 0.343 e. The summed E-state index contributed by atoms with van der Waals surface area (Å²) in [6.45, 7) is 4.26. The van der Waals surface area contributed by atoms with Crippen LogP contribution in [0.2, 0.25) is 0 Å². The minimum Gasteiger partial charge on any atom is -0.343 e. The van der Waals surface area contributed by atoms with E-state index in [4.69, 9.17) is 0 Å². The second-order valence-corrected chi connectivity index (χ2v) is 7.23. The van der Waals surface area contributed by atoms with Crippen LogP contribution in [-0.4, -0.2) is 23.9 Å². The summed E-state index contributed by atoms with van der Waals surface area (Å²) in [6, 6.07) is 0. The van der Waals surface area contributed by atoms with Crippen LogP contribution >= 0.6 is 0 Å². The fourth-order valence-electron chi connectivity index (χ4n) is 3.32. The lowest BCUT2D eigenvalue weighted by molar-refractivity contribution is -0.130. The summed E-state index contributed by atoms with van der Waals surface area (Å²) in [7, 11) is 0. The maximum Gasteiger partial charge on any atom is 0.222 e. The highest BCUT2D eigenvalue weighted by Gasteiger charge is 2.16. The first-order chi connectivity index (χ1) is 11.8. The van der Waals surface area contributed by atoms with Crippen LogP contribution in [0, 0.1) is 11.8 Å². The molecule has 0 atom stereocenters. The average Bonchev–Trinajstić information content (AvgIpc) is 3.13. The zero-order chi connectivity index (χ0) is 17.3. The van der Waals surface area contributed by atoms with E-state index in [-0.39, 0.29) is 0 Å². The number of rotatable bonds is 13. The van der Waals surface area contributed by atoms with Crippen LogP contribution in [-0.2, 0) is 4.79 Å². The maximum atomic E-state index is 11.9. The van der Waals surface area contributed by atoms with Crippen LogP contribution in [0.25, 0.3) is 0 Å². The van der Waals surface area contributed by atoms with Crippen LogP contribution < -0.4 is 0 Å². The van der Waals surface area contributed by atoms with Gasteiger partial charge in [0.1, 0.15) is 0 Å². The zero-order valence-corrected chi connectivity index (χ0v) is 16.1. The van der Waals surface area contributed by atoms with Gasteiger partial charge in [-0.3, -0.25) is 4.79 Å². The predicted molar refractivity (Wildman–Crippen MR) is 104 cm³/mol. The van der Waals surface area contributed by atoms with Gasteiger partial charge in [0.25, 0.3) is 0 Å². The third kappa shape index (κ3) is 11.5. The van der Waals surface area contributed by atoms with Gasteiger partial charge in [-0.2, -0.15) is 0 Å². The normalized spacial score (nSPS) is 13.8. The fraction of sp³-hybridized carbons (Fsp3) is 0.864. The molecular weight excluding hydrogens is 294 g/mol. The molecule has 0 N–H and O–H groups in total. The Kier molecular flexibility index (Phi) is 13.7. The van der Waals surface area contributed by atoms with E-state index >= 15 is 0 Å². The number of amides is 1. The van der Waals surface area contributed by atoms with Crippen molar-refractivity contribution in [2.45, 2.75) is 110 Å². The number of carbonyl (C=O) groups is 1. The van der Waals surface area contributed by atoms with E-state index in [0.717, 1.165) is 38.8 Å². The number of likely N-dealkylation sites (tertiary alicyclic amines) is 1. The van der Waals surface area contributed by atoms with Crippen LogP contribution in [0.1, 0.15) is 110 Å². The van der Waals surface area contributed by atoms with Gasteiger partial charge in [-0.25, -0.2) is 0 Å². The van der Waals surface area contributed by atoms with Crippen molar-refractivity contribution in [3.05, 3.63) is 0 Å². The van der Waals surface area contributed by atoms with Crippen molar-refractivity contribution >= 4 is 5.91 Å². The molecule has 2 heteroatoms. The summed E-state index contributed by atoms with van der Waals surface area (Å²) in [5.74, 6) is 7.03. The van der Waals surface area contributed by atoms with Gasteiger partial charge in [0.2, 0.25) is 5.91 Å². The molecule has 0 aromatic rings. The molecule has 0 bridgehead atoms. The van der Waals surface area contributed by atoms with Gasteiger partial charge in [0, 0.05) is 32.4 Å². The summed E-state index contributed by atoms with van der Waals surface area (Å²) < 4.78 is 0. The Hall–Kier alpha value is -0.970. The standard InChI is InChI=1S/C22H39NO/c1-2-3-4-5-6-7-8-9-10-11-12-13-14-15-16-19-22(24)23-20-17-18-21-23/h2-8,11-21H2,1H3. The van der Waals surface area contributed by atoms with E-state index in [9.17, 15) is 4.79 Å². The molecule has 1 aliphatic rings. The molecule has 0 aromatic heterocycles. The highest BCUT2D eigenvalue weighted by atomic mass is 16.2. The van der Waals surface area contributed by atoms with Gasteiger partial charge in [-0.05, 0) is 32.1 Å². The summed E-state index contributed by atoms with van der Waals surface area (Å²) in [5.41, 5.74) is 0. The molecule has 1 saturated heterocycles. The lowest BCUT2D eigenvalue weighted by Crippen LogP contribution is -2.27. The molecule has 1 rings (SSSR count). The van der Waals surface area contributed by atoms with Gasteiger partial charge in [0.15, 0.2) is 0 Å². The van der Waals surface area contributed by atoms with Crippen molar-refractivity contribution in [2.75, 3.05) is 13.1 Å². The molecule has 0 unspecified atom stereocenters. The van der Waals surface area contributed by atoms with Gasteiger partial charge < -0.3 is 4.90 Å². The fourth-order valence-corrected chi connectivity index (χ4v) is 3.32. The van der Waals surface area contributed by atoms with Crippen molar-refractivity contribution in [2.24, 2.45) is 0 Å². The van der Waals surface area contributed by atoms with Gasteiger partial charge in [-0.15, -0.1) is 11.8 Å². The monoisotopic (exact) mass is 333 g/mol. The maximum absolute atomic E-state index is 11.9. The van der Waals surface area contributed by atoms with E-state index in [0.29, 0.717) is 5.91 Å². The van der Waals surface area contributed by atoms with Crippen molar-refractivity contribution in [3.63, 3.8) is 0 Å². The van der Waals surface area contributed by atoms with E-state index in [2.05, 4.69) is 18.8 Å². The molecule has 1 amide bonds. The van der Waals surface area contributed by atoms with Crippen LogP contribution in [0.15, 0.2) is 0 Å². The van der Waals surface area contributed by atoms with Crippen molar-refractivity contribution in [1.82, 2.24) is 4.90 Å². The van der Waals surface area contributed by atoms with Crippen LogP contribution in [0.3, 0.4) is 0 Å². The molecule has 138 valence electrons. The molecule has 0 spiro atoms. The predicted octanol–water partition coefficient (Wildman–Crippen LogP) is 6.09. The first-order valence-corrected chi connectivity index (χ1v) is 10.6. The Morgan fingerprint density at radius 1 is 0.750 bits per heavy atom. The zero-order valence-electron chi connectivity index (χ0n) is 16.1. The minimum atomic E-state index is 0.382. The molecule has 24 heavy (non-hydrogen) atoms. The van der Waals surface area contributed by atoms with Gasteiger partial charge in [-0.1, -0.05) is 58.3 Å². The number of nitrogens with zero attached hydrogens (tertiary/aromatic N) is 1. The molecule has 0 radical (unpaired) electrons. The van der Waals surface area contributed by atoms with E-state index in [1.807, 2.05) is 4.90 Å². The Morgan fingerprint density at radius 2 is 1.25 bits per heavy atom. The minimum absolute atomic E-state index is 0.382. The number of hydrogen-bond donors (Lipinski definition) is 0. The Labute approximate surface area is 150 Å². The smallest absolute Gasteiger partial charge is 0.222 e. The van der Waals surface area contributed by atoms with Crippen molar-refractivity contribution < 1.29 is 4.79 Å². The van der Waals surface area contributed by atoms with Gasteiger partial charge >= 0.3 is 0 Å². The lowest BCUT2D eigenvalue weighted by atomic mass is 10.1. The molecule has 0 aromatic carbocycles. The summed E-state index contributed by atoms with van der Waals surface area (Å²) >= 11 is 0. The third-order valence-corrected chi connectivity index (χ3v) is 4.93. The highest BCUT2D eigenvalue weighted by molar-refractivity contribution is 5.76. The van der Waals surface area contributed by atoms with Crippen LogP contribution in [0.5, 0.6) is 0 Å². The molecule has 0 saturated carbocycles. The molecule has 1 fully saturated rings. The molecule has 1 heterocycles. The molecule has 0 aliphatic carbocycles. The molecular formula is C22H39NO. The summed E-state index contributed by atoms with van der Waals surface area (Å²) in [6.07, 6.45) is 19.5. The highest BCUT2D eigenvalue weighted by Crippen LogP contribution is 2.12. The second-order valence-electron chi connectivity index (χ2n) is 7.23. The van der Waals surface area contributed by atoms with Crippen LogP contribution in [0.4, 0.5) is 0 Å². The Bertz CT molecular complexity index is 360.